The topological polar surface area (TPSA) is 17.1 Å². The normalized spacial score (nSPS) is 25.7. The summed E-state index contributed by atoms with van der Waals surface area (Å²) in [7, 11) is 0. The van der Waals surface area contributed by atoms with Crippen LogP contribution in [-0.4, -0.2) is 5.78 Å². The van der Waals surface area contributed by atoms with Crippen LogP contribution in [0.3, 0.4) is 0 Å². The van der Waals surface area contributed by atoms with Crippen molar-refractivity contribution in [2.45, 2.75) is 19.3 Å². The Morgan fingerprint density at radius 1 is 1.54 bits per heavy atom. The Labute approximate surface area is 82.7 Å². The van der Waals surface area contributed by atoms with Crippen molar-refractivity contribution in [3.63, 3.8) is 0 Å². The van der Waals surface area contributed by atoms with Gasteiger partial charge in [0.05, 0.1) is 0 Å². The van der Waals surface area contributed by atoms with Gasteiger partial charge in [-0.1, -0.05) is 23.7 Å². The highest BCUT2D eigenvalue weighted by Gasteiger charge is 2.41. The molecule has 2 unspecified atom stereocenters. The third-order valence-corrected chi connectivity index (χ3v) is 2.82. The standard InChI is InChI=1S/C11H11ClO/c1-7(13)10-6-11(10)8-3-2-4-9(12)5-8/h2-5,10-11H,6H2,1H3. The van der Waals surface area contributed by atoms with E-state index in [1.54, 1.807) is 6.92 Å². The van der Waals surface area contributed by atoms with Gasteiger partial charge in [-0.15, -0.1) is 0 Å². The molecule has 1 nitrogen and oxygen atoms in total. The van der Waals surface area contributed by atoms with Crippen molar-refractivity contribution in [1.82, 2.24) is 0 Å². The summed E-state index contributed by atoms with van der Waals surface area (Å²) in [5, 5.41) is 0.756. The minimum absolute atomic E-state index is 0.249. The fourth-order valence-electron chi connectivity index (χ4n) is 1.75. The van der Waals surface area contributed by atoms with Gasteiger partial charge >= 0.3 is 0 Å². The molecule has 68 valence electrons. The Balaban J connectivity index is 2.16. The van der Waals surface area contributed by atoms with E-state index in [-0.39, 0.29) is 5.92 Å². The lowest BCUT2D eigenvalue weighted by Gasteiger charge is -1.98. The zero-order valence-electron chi connectivity index (χ0n) is 7.46. The predicted octanol–water partition coefficient (Wildman–Crippen LogP) is 3.03. The van der Waals surface area contributed by atoms with E-state index in [0.717, 1.165) is 11.4 Å². The molecule has 0 aliphatic heterocycles. The van der Waals surface area contributed by atoms with Gasteiger partial charge in [0.2, 0.25) is 0 Å². The third kappa shape index (κ3) is 1.75. The lowest BCUT2D eigenvalue weighted by atomic mass is 10.1. The van der Waals surface area contributed by atoms with Gasteiger partial charge in [-0.25, -0.2) is 0 Å². The fourth-order valence-corrected chi connectivity index (χ4v) is 1.95. The van der Waals surface area contributed by atoms with Gasteiger partial charge < -0.3 is 0 Å². The van der Waals surface area contributed by atoms with Gasteiger partial charge in [0.15, 0.2) is 0 Å². The molecule has 2 rings (SSSR count). The van der Waals surface area contributed by atoms with E-state index < -0.39 is 0 Å². The summed E-state index contributed by atoms with van der Waals surface area (Å²) in [6.07, 6.45) is 0.996. The van der Waals surface area contributed by atoms with E-state index in [1.807, 2.05) is 24.3 Å². The van der Waals surface area contributed by atoms with E-state index in [4.69, 9.17) is 11.6 Å². The summed E-state index contributed by atoms with van der Waals surface area (Å²) in [5.41, 5.74) is 1.20. The first-order valence-electron chi connectivity index (χ1n) is 4.44. The van der Waals surface area contributed by atoms with E-state index in [2.05, 4.69) is 0 Å². The lowest BCUT2D eigenvalue weighted by Crippen LogP contribution is -1.94. The van der Waals surface area contributed by atoms with Crippen LogP contribution >= 0.6 is 11.6 Å². The number of Topliss-reactive ketones (excluding diaryl/α,β-unsaturated/α-hetero) is 1. The highest BCUT2D eigenvalue weighted by Crippen LogP contribution is 2.48. The third-order valence-electron chi connectivity index (χ3n) is 2.59. The Hall–Kier alpha value is -0.820. The molecule has 1 aliphatic rings. The number of carbonyl (C=O) groups is 1. The first kappa shape index (κ1) is 8.76. The molecule has 1 aromatic carbocycles. The molecule has 0 bridgehead atoms. The minimum atomic E-state index is 0.249. The Kier molecular flexibility index (Phi) is 2.12. The summed E-state index contributed by atoms with van der Waals surface area (Å²) in [6.45, 7) is 1.66. The van der Waals surface area contributed by atoms with Crippen molar-refractivity contribution < 1.29 is 4.79 Å². The van der Waals surface area contributed by atoms with Crippen LogP contribution < -0.4 is 0 Å². The van der Waals surface area contributed by atoms with Crippen LogP contribution in [0.2, 0.25) is 5.02 Å². The second-order valence-corrected chi connectivity index (χ2v) is 4.05. The zero-order valence-corrected chi connectivity index (χ0v) is 8.21. The van der Waals surface area contributed by atoms with Crippen molar-refractivity contribution in [1.29, 1.82) is 0 Å². The first-order chi connectivity index (χ1) is 6.18. The van der Waals surface area contributed by atoms with Crippen LogP contribution in [-0.2, 0) is 4.79 Å². The Morgan fingerprint density at radius 2 is 2.31 bits per heavy atom. The summed E-state index contributed by atoms with van der Waals surface area (Å²) in [4.78, 5) is 11.0. The van der Waals surface area contributed by atoms with Gasteiger partial charge in [-0.2, -0.15) is 0 Å². The van der Waals surface area contributed by atoms with Gasteiger partial charge in [-0.3, -0.25) is 4.79 Å². The first-order valence-corrected chi connectivity index (χ1v) is 4.82. The number of carbonyl (C=O) groups excluding carboxylic acids is 1. The molecule has 2 heteroatoms. The molecule has 1 aromatic rings. The van der Waals surface area contributed by atoms with Crippen LogP contribution in [0, 0.1) is 5.92 Å². The molecule has 0 N–H and O–H groups in total. The molecule has 0 aromatic heterocycles. The number of hydrogen-bond acceptors (Lipinski definition) is 1. The highest BCUT2D eigenvalue weighted by atomic mass is 35.5. The molecule has 1 aliphatic carbocycles. The van der Waals surface area contributed by atoms with Gasteiger partial charge in [0.1, 0.15) is 5.78 Å². The number of hydrogen-bond donors (Lipinski definition) is 0. The summed E-state index contributed by atoms with van der Waals surface area (Å²) in [6, 6.07) is 7.79. The summed E-state index contributed by atoms with van der Waals surface area (Å²) >= 11 is 5.86. The van der Waals surface area contributed by atoms with E-state index in [9.17, 15) is 4.79 Å². The fraction of sp³-hybridized carbons (Fsp3) is 0.364. The van der Waals surface area contributed by atoms with Gasteiger partial charge in [-0.05, 0) is 37.0 Å². The van der Waals surface area contributed by atoms with Crippen LogP contribution in [0.1, 0.15) is 24.8 Å². The van der Waals surface area contributed by atoms with Crippen molar-refractivity contribution in [3.05, 3.63) is 34.9 Å². The maximum atomic E-state index is 11.0. The summed E-state index contributed by atoms with van der Waals surface area (Å²) in [5.74, 6) is 0.972. The maximum absolute atomic E-state index is 11.0. The smallest absolute Gasteiger partial charge is 0.133 e. The predicted molar refractivity (Wildman–Crippen MR) is 53.0 cm³/mol. The largest absolute Gasteiger partial charge is 0.300 e. The van der Waals surface area contributed by atoms with Crippen LogP contribution in [0.5, 0.6) is 0 Å². The quantitative estimate of drug-likeness (QED) is 0.708. The van der Waals surface area contributed by atoms with Gasteiger partial charge in [0.25, 0.3) is 0 Å². The number of halogens is 1. The molecule has 2 atom stereocenters. The number of rotatable bonds is 2. The maximum Gasteiger partial charge on any atom is 0.133 e. The van der Waals surface area contributed by atoms with E-state index in [0.29, 0.717) is 11.7 Å². The number of ketones is 1. The Bertz CT molecular complexity index is 346. The number of benzene rings is 1. The van der Waals surface area contributed by atoms with Crippen molar-refractivity contribution in [3.8, 4) is 0 Å². The van der Waals surface area contributed by atoms with Crippen LogP contribution in [0.25, 0.3) is 0 Å². The van der Waals surface area contributed by atoms with Crippen LogP contribution in [0.4, 0.5) is 0 Å². The molecule has 1 saturated carbocycles. The second kappa shape index (κ2) is 3.15. The van der Waals surface area contributed by atoms with Crippen molar-refractivity contribution in [2.75, 3.05) is 0 Å². The molecule has 0 spiro atoms. The average Bonchev–Trinajstić information content (AvgIpc) is 2.82. The molecule has 0 heterocycles. The highest BCUT2D eigenvalue weighted by molar-refractivity contribution is 6.30. The molecule has 1 fully saturated rings. The zero-order chi connectivity index (χ0) is 9.42. The minimum Gasteiger partial charge on any atom is -0.300 e. The SMILES string of the molecule is CC(=O)C1CC1c1cccc(Cl)c1. The van der Waals surface area contributed by atoms with Crippen LogP contribution in [0.15, 0.2) is 24.3 Å². The monoisotopic (exact) mass is 194 g/mol. The molecule has 0 amide bonds. The molecule has 13 heavy (non-hydrogen) atoms. The molecular formula is C11H11ClO. The van der Waals surface area contributed by atoms with Gasteiger partial charge in [0, 0.05) is 10.9 Å². The van der Waals surface area contributed by atoms with Crippen molar-refractivity contribution in [2.24, 2.45) is 5.92 Å². The lowest BCUT2D eigenvalue weighted by molar-refractivity contribution is -0.118. The average molecular weight is 195 g/mol. The van der Waals surface area contributed by atoms with Crippen molar-refractivity contribution >= 4 is 17.4 Å². The molecule has 0 saturated heterocycles. The van der Waals surface area contributed by atoms with E-state index >= 15 is 0 Å². The second-order valence-electron chi connectivity index (χ2n) is 3.61. The summed E-state index contributed by atoms with van der Waals surface area (Å²) < 4.78 is 0. The Morgan fingerprint density at radius 3 is 2.85 bits per heavy atom. The molecule has 0 radical (unpaired) electrons. The molecular weight excluding hydrogens is 184 g/mol. The van der Waals surface area contributed by atoms with E-state index in [1.165, 1.54) is 5.56 Å².